The third-order valence-corrected chi connectivity index (χ3v) is 5.22. The van der Waals surface area contributed by atoms with Crippen molar-refractivity contribution in [2.75, 3.05) is 5.75 Å². The van der Waals surface area contributed by atoms with Crippen molar-refractivity contribution in [2.24, 2.45) is 5.10 Å². The standard InChI is InChI=1S/C24H21N3O3S/c1-17-9-11-18(12-10-17)15-29-20-6-4-5-19(13-20)14-25-27-23(28)16-31-24-26-21-7-2-3-8-22(21)30-24/h2-14H,15-16H2,1H3,(H,27,28)/b25-14-. The summed E-state index contributed by atoms with van der Waals surface area (Å²) in [6, 6.07) is 23.2. The maximum Gasteiger partial charge on any atom is 0.257 e. The Kier molecular flexibility index (Phi) is 6.64. The smallest absolute Gasteiger partial charge is 0.257 e. The molecule has 1 N–H and O–H groups in total. The number of aromatic nitrogens is 1. The number of carbonyl (C=O) groups excluding carboxylic acids is 1. The molecule has 0 bridgehead atoms. The first kappa shape index (κ1) is 20.7. The van der Waals surface area contributed by atoms with Crippen molar-refractivity contribution in [2.45, 2.75) is 18.8 Å². The number of oxazole rings is 1. The Morgan fingerprint density at radius 2 is 1.97 bits per heavy atom. The van der Waals surface area contributed by atoms with Crippen molar-refractivity contribution in [1.82, 2.24) is 10.4 Å². The molecule has 0 atom stereocenters. The van der Waals surface area contributed by atoms with E-state index in [1.54, 1.807) is 6.21 Å². The Morgan fingerprint density at radius 1 is 1.13 bits per heavy atom. The molecule has 0 aliphatic rings. The van der Waals surface area contributed by atoms with Gasteiger partial charge in [-0.1, -0.05) is 65.9 Å². The summed E-state index contributed by atoms with van der Waals surface area (Å²) < 4.78 is 11.4. The first-order chi connectivity index (χ1) is 15.2. The normalized spacial score (nSPS) is 11.1. The highest BCUT2D eigenvalue weighted by Crippen LogP contribution is 2.22. The third-order valence-electron chi connectivity index (χ3n) is 4.39. The Hall–Kier alpha value is -3.58. The van der Waals surface area contributed by atoms with Crippen molar-refractivity contribution in [1.29, 1.82) is 0 Å². The number of para-hydroxylation sites is 2. The molecule has 0 aliphatic carbocycles. The average molecular weight is 432 g/mol. The molecule has 0 spiro atoms. The number of carbonyl (C=O) groups is 1. The van der Waals surface area contributed by atoms with Gasteiger partial charge in [0.2, 0.25) is 0 Å². The largest absolute Gasteiger partial charge is 0.489 e. The van der Waals surface area contributed by atoms with Crippen molar-refractivity contribution in [3.05, 3.63) is 89.5 Å². The van der Waals surface area contributed by atoms with E-state index in [-0.39, 0.29) is 11.7 Å². The number of rotatable bonds is 8. The maximum absolute atomic E-state index is 12.0. The highest BCUT2D eigenvalue weighted by Gasteiger charge is 2.08. The van der Waals surface area contributed by atoms with E-state index >= 15 is 0 Å². The van der Waals surface area contributed by atoms with E-state index in [2.05, 4.69) is 46.7 Å². The van der Waals surface area contributed by atoms with E-state index in [1.807, 2.05) is 48.5 Å². The molecule has 0 unspecified atom stereocenters. The predicted octanol–water partition coefficient (Wildman–Crippen LogP) is 4.96. The van der Waals surface area contributed by atoms with E-state index in [0.29, 0.717) is 17.4 Å². The Labute approximate surface area is 184 Å². The molecular weight excluding hydrogens is 410 g/mol. The number of hydrogen-bond acceptors (Lipinski definition) is 6. The topological polar surface area (TPSA) is 76.7 Å². The zero-order chi connectivity index (χ0) is 21.5. The van der Waals surface area contributed by atoms with Gasteiger partial charge < -0.3 is 9.15 Å². The predicted molar refractivity (Wildman–Crippen MR) is 122 cm³/mol. The van der Waals surface area contributed by atoms with Crippen LogP contribution < -0.4 is 10.2 Å². The number of fused-ring (bicyclic) bond motifs is 1. The van der Waals surface area contributed by atoms with Crippen molar-refractivity contribution < 1.29 is 13.9 Å². The van der Waals surface area contributed by atoms with Crippen LogP contribution in [0.1, 0.15) is 16.7 Å². The number of benzene rings is 3. The average Bonchev–Trinajstić information content (AvgIpc) is 3.21. The molecule has 4 aromatic rings. The van der Waals surface area contributed by atoms with Gasteiger partial charge in [0.25, 0.3) is 11.1 Å². The minimum absolute atomic E-state index is 0.157. The molecule has 0 radical (unpaired) electrons. The molecule has 1 aromatic heterocycles. The highest BCUT2D eigenvalue weighted by molar-refractivity contribution is 7.99. The number of ether oxygens (including phenoxy) is 1. The summed E-state index contributed by atoms with van der Waals surface area (Å²) in [5.41, 5.74) is 7.14. The molecule has 31 heavy (non-hydrogen) atoms. The van der Waals surface area contributed by atoms with Crippen LogP contribution in [-0.2, 0) is 11.4 Å². The Morgan fingerprint density at radius 3 is 2.81 bits per heavy atom. The number of hydrogen-bond donors (Lipinski definition) is 1. The number of thioether (sulfide) groups is 1. The van der Waals surface area contributed by atoms with Crippen LogP contribution in [0.2, 0.25) is 0 Å². The monoisotopic (exact) mass is 431 g/mol. The van der Waals surface area contributed by atoms with Crippen molar-refractivity contribution >= 4 is 35.0 Å². The molecule has 1 heterocycles. The van der Waals surface area contributed by atoms with Gasteiger partial charge in [-0.05, 0) is 42.3 Å². The molecule has 0 saturated heterocycles. The zero-order valence-electron chi connectivity index (χ0n) is 16.9. The zero-order valence-corrected chi connectivity index (χ0v) is 17.8. The first-order valence-electron chi connectivity index (χ1n) is 9.74. The lowest BCUT2D eigenvalue weighted by Crippen LogP contribution is -2.19. The van der Waals surface area contributed by atoms with Gasteiger partial charge in [0.15, 0.2) is 5.58 Å². The van der Waals surface area contributed by atoms with E-state index in [4.69, 9.17) is 9.15 Å². The van der Waals surface area contributed by atoms with Crippen LogP contribution in [0.3, 0.4) is 0 Å². The number of hydrazone groups is 1. The van der Waals surface area contributed by atoms with Crippen LogP contribution in [0, 0.1) is 6.92 Å². The van der Waals surface area contributed by atoms with E-state index in [9.17, 15) is 4.79 Å². The number of nitrogens with zero attached hydrogens (tertiary/aromatic N) is 2. The quantitative estimate of drug-likeness (QED) is 0.242. The molecular formula is C24H21N3O3S. The summed E-state index contributed by atoms with van der Waals surface area (Å²) in [5, 5.41) is 4.48. The summed E-state index contributed by atoms with van der Waals surface area (Å²) in [6.45, 7) is 2.55. The summed E-state index contributed by atoms with van der Waals surface area (Å²) in [6.07, 6.45) is 1.58. The number of amides is 1. The van der Waals surface area contributed by atoms with E-state index in [1.165, 1.54) is 17.3 Å². The van der Waals surface area contributed by atoms with Crippen LogP contribution in [0.4, 0.5) is 0 Å². The van der Waals surface area contributed by atoms with Crippen LogP contribution in [0.25, 0.3) is 11.1 Å². The lowest BCUT2D eigenvalue weighted by molar-refractivity contribution is -0.118. The maximum atomic E-state index is 12.0. The van der Waals surface area contributed by atoms with Crippen LogP contribution in [0.5, 0.6) is 5.75 Å². The lowest BCUT2D eigenvalue weighted by Gasteiger charge is -2.07. The first-order valence-corrected chi connectivity index (χ1v) is 10.7. The summed E-state index contributed by atoms with van der Waals surface area (Å²) >= 11 is 1.22. The molecule has 156 valence electrons. The third kappa shape index (κ3) is 5.96. The molecule has 0 saturated carbocycles. The van der Waals surface area contributed by atoms with Gasteiger partial charge in [0.05, 0.1) is 12.0 Å². The molecule has 7 heteroatoms. The van der Waals surface area contributed by atoms with Crippen LogP contribution in [0.15, 0.2) is 87.5 Å². The second kappa shape index (κ2) is 9.95. The lowest BCUT2D eigenvalue weighted by atomic mass is 10.2. The van der Waals surface area contributed by atoms with E-state index in [0.717, 1.165) is 22.4 Å². The minimum Gasteiger partial charge on any atom is -0.489 e. The molecule has 3 aromatic carbocycles. The molecule has 4 rings (SSSR count). The molecule has 0 aliphatic heterocycles. The van der Waals surface area contributed by atoms with Crippen molar-refractivity contribution in [3.63, 3.8) is 0 Å². The van der Waals surface area contributed by atoms with Gasteiger partial charge in [-0.3, -0.25) is 4.79 Å². The molecule has 6 nitrogen and oxygen atoms in total. The van der Waals surface area contributed by atoms with Gasteiger partial charge in [-0.25, -0.2) is 10.4 Å². The van der Waals surface area contributed by atoms with Crippen LogP contribution in [-0.4, -0.2) is 22.9 Å². The SMILES string of the molecule is Cc1ccc(COc2cccc(/C=N\NC(=O)CSc3nc4ccccc4o3)c2)cc1. The second-order valence-corrected chi connectivity index (χ2v) is 7.80. The van der Waals surface area contributed by atoms with Gasteiger partial charge in [-0.15, -0.1) is 0 Å². The van der Waals surface area contributed by atoms with Gasteiger partial charge >= 0.3 is 0 Å². The molecule has 1 amide bonds. The van der Waals surface area contributed by atoms with Crippen LogP contribution >= 0.6 is 11.8 Å². The summed E-state index contributed by atoms with van der Waals surface area (Å²) in [5.74, 6) is 0.654. The summed E-state index contributed by atoms with van der Waals surface area (Å²) in [4.78, 5) is 16.4. The number of nitrogens with one attached hydrogen (secondary N) is 1. The van der Waals surface area contributed by atoms with E-state index < -0.39 is 0 Å². The fraction of sp³-hybridized carbons (Fsp3) is 0.125. The Balaban J connectivity index is 1.25. The van der Waals surface area contributed by atoms with Gasteiger partial charge in [0.1, 0.15) is 17.9 Å². The summed E-state index contributed by atoms with van der Waals surface area (Å²) in [7, 11) is 0. The fourth-order valence-corrected chi connectivity index (χ4v) is 3.42. The van der Waals surface area contributed by atoms with Crippen molar-refractivity contribution in [3.8, 4) is 5.75 Å². The fourth-order valence-electron chi connectivity index (χ4n) is 2.79. The second-order valence-electron chi connectivity index (χ2n) is 6.88. The van der Waals surface area contributed by atoms with Gasteiger partial charge in [0, 0.05) is 0 Å². The molecule has 0 fully saturated rings. The Bertz CT molecular complexity index is 1170. The number of aryl methyl sites for hydroxylation is 1. The highest BCUT2D eigenvalue weighted by atomic mass is 32.2. The minimum atomic E-state index is -0.240. The van der Waals surface area contributed by atoms with Gasteiger partial charge in [-0.2, -0.15) is 5.10 Å².